The van der Waals surface area contributed by atoms with Crippen LogP contribution in [0.1, 0.15) is 18.1 Å². The van der Waals surface area contributed by atoms with Gasteiger partial charge in [-0.3, -0.25) is 4.79 Å². The number of esters is 1. The molecule has 0 bridgehead atoms. The van der Waals surface area contributed by atoms with E-state index in [1.54, 1.807) is 6.08 Å². The van der Waals surface area contributed by atoms with Crippen molar-refractivity contribution in [1.82, 2.24) is 5.32 Å². The summed E-state index contributed by atoms with van der Waals surface area (Å²) in [5, 5.41) is 2.45. The molecular formula is C13H15NO3. The van der Waals surface area contributed by atoms with Crippen molar-refractivity contribution in [1.29, 1.82) is 0 Å². The smallest absolute Gasteiger partial charge is 0.354 e. The zero-order valence-electron chi connectivity index (χ0n) is 10.1. The summed E-state index contributed by atoms with van der Waals surface area (Å²) in [7, 11) is 1.27. The van der Waals surface area contributed by atoms with Gasteiger partial charge in [-0.15, -0.1) is 0 Å². The van der Waals surface area contributed by atoms with Gasteiger partial charge in [0.2, 0.25) is 5.91 Å². The van der Waals surface area contributed by atoms with E-state index < -0.39 is 5.97 Å². The summed E-state index contributed by atoms with van der Waals surface area (Å²) in [6.07, 6.45) is 1.60. The molecule has 17 heavy (non-hydrogen) atoms. The quantitative estimate of drug-likeness (QED) is 0.638. The van der Waals surface area contributed by atoms with Gasteiger partial charge in [-0.1, -0.05) is 24.3 Å². The number of nitrogens with one attached hydrogen (secondary N) is 1. The number of benzene rings is 1. The maximum atomic E-state index is 11.5. The fraction of sp³-hybridized carbons (Fsp3) is 0.231. The number of amides is 1. The number of carbonyl (C=O) groups excluding carboxylic acids is 2. The highest BCUT2D eigenvalue weighted by atomic mass is 16.5. The van der Waals surface area contributed by atoms with Gasteiger partial charge in [0.1, 0.15) is 5.70 Å². The summed E-state index contributed by atoms with van der Waals surface area (Å²) < 4.78 is 4.60. The number of hydrogen-bond donors (Lipinski definition) is 1. The number of ether oxygens (including phenoxy) is 1. The zero-order valence-corrected chi connectivity index (χ0v) is 10.1. The molecule has 0 aliphatic heterocycles. The third kappa shape index (κ3) is 3.75. The molecule has 0 aliphatic carbocycles. The van der Waals surface area contributed by atoms with Crippen LogP contribution in [0.5, 0.6) is 0 Å². The molecule has 1 rings (SSSR count). The lowest BCUT2D eigenvalue weighted by molar-refractivity contribution is -0.137. The predicted octanol–water partition coefficient (Wildman–Crippen LogP) is 1.65. The molecule has 0 heterocycles. The van der Waals surface area contributed by atoms with Crippen LogP contribution in [0.2, 0.25) is 0 Å². The van der Waals surface area contributed by atoms with Gasteiger partial charge < -0.3 is 10.1 Å². The van der Waals surface area contributed by atoms with E-state index in [1.807, 2.05) is 31.2 Å². The maximum Gasteiger partial charge on any atom is 0.354 e. The highest BCUT2D eigenvalue weighted by Crippen LogP contribution is 2.11. The van der Waals surface area contributed by atoms with Gasteiger partial charge in [0.05, 0.1) is 7.11 Å². The second-order valence-electron chi connectivity index (χ2n) is 3.59. The second kappa shape index (κ2) is 5.84. The average Bonchev–Trinajstić information content (AvgIpc) is 2.29. The van der Waals surface area contributed by atoms with Crippen LogP contribution in [-0.4, -0.2) is 19.0 Å². The molecule has 1 aromatic carbocycles. The summed E-state index contributed by atoms with van der Waals surface area (Å²) in [6.45, 7) is 3.27. The molecule has 0 saturated carbocycles. The van der Waals surface area contributed by atoms with Crippen LogP contribution in [0.15, 0.2) is 30.0 Å². The minimum absolute atomic E-state index is 0.134. The van der Waals surface area contributed by atoms with Crippen LogP contribution >= 0.6 is 0 Å². The molecule has 1 aromatic rings. The Morgan fingerprint density at radius 3 is 2.47 bits per heavy atom. The molecule has 0 aliphatic rings. The Labute approximate surface area is 100 Å². The van der Waals surface area contributed by atoms with Gasteiger partial charge in [-0.05, 0) is 24.1 Å². The predicted molar refractivity (Wildman–Crippen MR) is 65.0 cm³/mol. The minimum atomic E-state index is -0.566. The molecule has 90 valence electrons. The zero-order chi connectivity index (χ0) is 12.8. The van der Waals surface area contributed by atoms with Gasteiger partial charge >= 0.3 is 5.97 Å². The van der Waals surface area contributed by atoms with Crippen molar-refractivity contribution in [2.24, 2.45) is 0 Å². The van der Waals surface area contributed by atoms with Crippen LogP contribution in [0.3, 0.4) is 0 Å². The first-order valence-corrected chi connectivity index (χ1v) is 5.18. The van der Waals surface area contributed by atoms with E-state index in [4.69, 9.17) is 0 Å². The molecule has 0 fully saturated rings. The number of methoxy groups -OCH3 is 1. The van der Waals surface area contributed by atoms with Crippen LogP contribution in [0.25, 0.3) is 6.08 Å². The lowest BCUT2D eigenvalue weighted by Gasteiger charge is -2.07. The van der Waals surface area contributed by atoms with Crippen LogP contribution in [-0.2, 0) is 14.3 Å². The second-order valence-corrected chi connectivity index (χ2v) is 3.59. The summed E-state index contributed by atoms with van der Waals surface area (Å²) in [6, 6.07) is 7.55. The summed E-state index contributed by atoms with van der Waals surface area (Å²) in [4.78, 5) is 22.4. The molecule has 4 nitrogen and oxygen atoms in total. The highest BCUT2D eigenvalue weighted by Gasteiger charge is 2.11. The number of rotatable bonds is 3. The Kier molecular flexibility index (Phi) is 4.46. The Morgan fingerprint density at radius 1 is 1.29 bits per heavy atom. The van der Waals surface area contributed by atoms with Crippen molar-refractivity contribution in [2.75, 3.05) is 7.11 Å². The SMILES string of the molecule is COC(=O)C(=Cc1ccccc1C)NC(C)=O. The fourth-order valence-electron chi connectivity index (χ4n) is 1.35. The molecule has 1 N–H and O–H groups in total. The first kappa shape index (κ1) is 13.0. The highest BCUT2D eigenvalue weighted by molar-refractivity contribution is 5.97. The lowest BCUT2D eigenvalue weighted by Crippen LogP contribution is -2.25. The average molecular weight is 233 g/mol. The Morgan fingerprint density at radius 2 is 1.94 bits per heavy atom. The van der Waals surface area contributed by atoms with Gasteiger partial charge in [0, 0.05) is 6.92 Å². The van der Waals surface area contributed by atoms with Crippen molar-refractivity contribution in [3.63, 3.8) is 0 Å². The van der Waals surface area contributed by atoms with Crippen molar-refractivity contribution in [3.8, 4) is 0 Å². The van der Waals surface area contributed by atoms with Crippen molar-refractivity contribution in [3.05, 3.63) is 41.1 Å². The fourth-order valence-corrected chi connectivity index (χ4v) is 1.35. The van der Waals surface area contributed by atoms with Crippen molar-refractivity contribution in [2.45, 2.75) is 13.8 Å². The monoisotopic (exact) mass is 233 g/mol. The molecular weight excluding hydrogens is 218 g/mol. The van der Waals surface area contributed by atoms with Gasteiger partial charge in [0.25, 0.3) is 0 Å². The van der Waals surface area contributed by atoms with E-state index in [1.165, 1.54) is 14.0 Å². The third-order valence-electron chi connectivity index (χ3n) is 2.20. The van der Waals surface area contributed by atoms with Gasteiger partial charge in [-0.25, -0.2) is 4.79 Å². The Hall–Kier alpha value is -2.10. The lowest BCUT2D eigenvalue weighted by atomic mass is 10.1. The summed E-state index contributed by atoms with van der Waals surface area (Å²) in [5.74, 6) is -0.876. The van der Waals surface area contributed by atoms with Gasteiger partial charge in [0.15, 0.2) is 0 Å². The Bertz CT molecular complexity index is 463. The number of aryl methyl sites for hydroxylation is 1. The van der Waals surface area contributed by atoms with E-state index in [2.05, 4.69) is 10.1 Å². The molecule has 0 spiro atoms. The minimum Gasteiger partial charge on any atom is -0.464 e. The maximum absolute atomic E-state index is 11.5. The molecule has 0 radical (unpaired) electrons. The van der Waals surface area contributed by atoms with Crippen LogP contribution in [0, 0.1) is 6.92 Å². The number of hydrogen-bond acceptors (Lipinski definition) is 3. The van der Waals surface area contributed by atoms with E-state index in [-0.39, 0.29) is 11.6 Å². The molecule has 0 aromatic heterocycles. The van der Waals surface area contributed by atoms with Crippen molar-refractivity contribution < 1.29 is 14.3 Å². The van der Waals surface area contributed by atoms with Crippen LogP contribution < -0.4 is 5.32 Å². The Balaban J connectivity index is 3.09. The van der Waals surface area contributed by atoms with Crippen molar-refractivity contribution >= 4 is 18.0 Å². The van der Waals surface area contributed by atoms with E-state index in [0.29, 0.717) is 0 Å². The first-order chi connectivity index (χ1) is 8.04. The van der Waals surface area contributed by atoms with Gasteiger partial charge in [-0.2, -0.15) is 0 Å². The van der Waals surface area contributed by atoms with E-state index in [0.717, 1.165) is 11.1 Å². The molecule has 1 amide bonds. The molecule has 0 unspecified atom stereocenters. The van der Waals surface area contributed by atoms with Crippen LogP contribution in [0.4, 0.5) is 0 Å². The summed E-state index contributed by atoms with van der Waals surface area (Å²) >= 11 is 0. The molecule has 0 atom stereocenters. The number of carbonyl (C=O) groups is 2. The first-order valence-electron chi connectivity index (χ1n) is 5.18. The van der Waals surface area contributed by atoms with E-state index in [9.17, 15) is 9.59 Å². The molecule has 0 saturated heterocycles. The summed E-state index contributed by atoms with van der Waals surface area (Å²) in [5.41, 5.74) is 2.01. The standard InChI is InChI=1S/C13H15NO3/c1-9-6-4-5-7-11(9)8-12(13(16)17-3)14-10(2)15/h4-8H,1-3H3,(H,14,15). The topological polar surface area (TPSA) is 55.4 Å². The van der Waals surface area contributed by atoms with E-state index >= 15 is 0 Å². The third-order valence-corrected chi connectivity index (χ3v) is 2.20. The normalized spacial score (nSPS) is 10.9. The molecule has 4 heteroatoms. The largest absolute Gasteiger partial charge is 0.464 e.